The normalized spacial score (nSPS) is 24.9. The van der Waals surface area contributed by atoms with Crippen molar-refractivity contribution in [1.29, 1.82) is 0 Å². The van der Waals surface area contributed by atoms with E-state index in [-0.39, 0.29) is 5.91 Å². The van der Waals surface area contributed by atoms with E-state index in [0.717, 1.165) is 104 Å². The van der Waals surface area contributed by atoms with E-state index in [1.165, 1.54) is 12.1 Å². The summed E-state index contributed by atoms with van der Waals surface area (Å²) < 4.78 is 44.4. The summed E-state index contributed by atoms with van der Waals surface area (Å²) in [5.74, 6) is 0.858. The van der Waals surface area contributed by atoms with Gasteiger partial charge >= 0.3 is 6.18 Å². The van der Waals surface area contributed by atoms with E-state index in [1.807, 2.05) is 0 Å². The van der Waals surface area contributed by atoms with E-state index in [9.17, 15) is 18.0 Å². The van der Waals surface area contributed by atoms with Crippen LogP contribution in [0.5, 0.6) is 0 Å². The predicted molar refractivity (Wildman–Crippen MR) is 130 cm³/mol. The second-order valence-corrected chi connectivity index (χ2v) is 10.2. The molecule has 1 amide bonds. The van der Waals surface area contributed by atoms with Crippen molar-refractivity contribution in [2.24, 2.45) is 5.92 Å². The van der Waals surface area contributed by atoms with Crippen LogP contribution in [0.25, 0.3) is 0 Å². The number of morpholine rings is 1. The van der Waals surface area contributed by atoms with Crippen LogP contribution in [0, 0.1) is 5.92 Å². The van der Waals surface area contributed by atoms with Gasteiger partial charge in [0.2, 0.25) is 5.91 Å². The lowest BCUT2D eigenvalue weighted by atomic mass is 9.84. The van der Waals surface area contributed by atoms with E-state index in [0.29, 0.717) is 24.1 Å². The smallest absolute Gasteiger partial charge is 0.379 e. The number of carbonyl (C=O) groups is 1. The summed E-state index contributed by atoms with van der Waals surface area (Å²) in [6.45, 7) is 8.47. The zero-order valence-corrected chi connectivity index (χ0v) is 20.6. The van der Waals surface area contributed by atoms with Gasteiger partial charge in [0.1, 0.15) is 0 Å². The minimum atomic E-state index is -4.30. The Morgan fingerprint density at radius 3 is 2.31 bits per heavy atom. The summed E-state index contributed by atoms with van der Waals surface area (Å²) in [5, 5.41) is 3.23. The van der Waals surface area contributed by atoms with Crippen molar-refractivity contribution >= 4 is 11.6 Å². The Balaban J connectivity index is 1.09. The van der Waals surface area contributed by atoms with Gasteiger partial charge in [-0.3, -0.25) is 14.6 Å². The van der Waals surface area contributed by atoms with Gasteiger partial charge in [-0.05, 0) is 62.8 Å². The molecular formula is C26H39F3N4O2. The molecule has 1 aliphatic carbocycles. The molecule has 1 aromatic rings. The highest BCUT2D eigenvalue weighted by Crippen LogP contribution is 2.32. The Bertz CT molecular complexity index is 800. The summed E-state index contributed by atoms with van der Waals surface area (Å²) in [6, 6.07) is 5.96. The lowest BCUT2D eigenvalue weighted by molar-refractivity contribution is -0.137. The molecule has 196 valence electrons. The molecule has 0 aromatic heterocycles. The van der Waals surface area contributed by atoms with Crippen molar-refractivity contribution < 1.29 is 22.7 Å². The van der Waals surface area contributed by atoms with Gasteiger partial charge in [0.25, 0.3) is 0 Å². The summed E-state index contributed by atoms with van der Waals surface area (Å²) in [5.41, 5.74) is 0.0751. The Kier molecular flexibility index (Phi) is 9.30. The van der Waals surface area contributed by atoms with Gasteiger partial charge in [-0.2, -0.15) is 13.2 Å². The Morgan fingerprint density at radius 2 is 1.63 bits per heavy atom. The predicted octanol–water partition coefficient (Wildman–Crippen LogP) is 3.61. The highest BCUT2D eigenvalue weighted by atomic mass is 19.4. The van der Waals surface area contributed by atoms with Crippen LogP contribution in [0.3, 0.4) is 0 Å². The molecule has 0 atom stereocenters. The second-order valence-electron chi connectivity index (χ2n) is 10.2. The molecule has 0 spiro atoms. The number of alkyl halides is 3. The maximum absolute atomic E-state index is 13.0. The van der Waals surface area contributed by atoms with Crippen LogP contribution in [-0.2, 0) is 15.7 Å². The number of hydrogen-bond donors (Lipinski definition) is 1. The van der Waals surface area contributed by atoms with E-state index in [2.05, 4.69) is 20.0 Å². The number of carbonyl (C=O) groups excluding carboxylic acids is 1. The van der Waals surface area contributed by atoms with Gasteiger partial charge in [0, 0.05) is 64.0 Å². The third kappa shape index (κ3) is 8.08. The van der Waals surface area contributed by atoms with Gasteiger partial charge in [0.15, 0.2) is 0 Å². The SMILES string of the molecule is O=C(CCN1CCOCC1)NC1CCC(CCN2CCN(c3cccc(C(F)(F)F)c3)CC2)CC1. The number of halogens is 3. The topological polar surface area (TPSA) is 48.1 Å². The maximum Gasteiger partial charge on any atom is 0.416 e. The van der Waals surface area contributed by atoms with Crippen LogP contribution < -0.4 is 10.2 Å². The van der Waals surface area contributed by atoms with E-state index in [4.69, 9.17) is 4.74 Å². The first kappa shape index (κ1) is 26.2. The molecule has 1 aromatic carbocycles. The third-order valence-electron chi connectivity index (χ3n) is 7.74. The fraction of sp³-hybridized carbons (Fsp3) is 0.731. The van der Waals surface area contributed by atoms with Crippen LogP contribution >= 0.6 is 0 Å². The number of piperazine rings is 1. The monoisotopic (exact) mass is 496 g/mol. The number of benzene rings is 1. The highest BCUT2D eigenvalue weighted by Gasteiger charge is 2.31. The fourth-order valence-corrected chi connectivity index (χ4v) is 5.45. The number of amides is 1. The van der Waals surface area contributed by atoms with Crippen LogP contribution in [0.1, 0.15) is 44.1 Å². The van der Waals surface area contributed by atoms with Gasteiger partial charge in [-0.1, -0.05) is 6.07 Å². The number of nitrogens with one attached hydrogen (secondary N) is 1. The Labute approximate surface area is 206 Å². The lowest BCUT2D eigenvalue weighted by Crippen LogP contribution is -2.47. The molecule has 4 rings (SSSR count). The summed E-state index contributed by atoms with van der Waals surface area (Å²) >= 11 is 0. The van der Waals surface area contributed by atoms with Crippen molar-refractivity contribution in [3.63, 3.8) is 0 Å². The number of ether oxygens (including phenoxy) is 1. The van der Waals surface area contributed by atoms with Crippen molar-refractivity contribution in [3.8, 4) is 0 Å². The van der Waals surface area contributed by atoms with Gasteiger partial charge < -0.3 is 15.0 Å². The molecule has 1 N–H and O–H groups in total. The molecule has 35 heavy (non-hydrogen) atoms. The van der Waals surface area contributed by atoms with Crippen molar-refractivity contribution in [3.05, 3.63) is 29.8 Å². The van der Waals surface area contributed by atoms with Gasteiger partial charge in [-0.25, -0.2) is 0 Å². The average Bonchev–Trinajstić information content (AvgIpc) is 2.88. The molecule has 0 bridgehead atoms. The molecule has 1 saturated carbocycles. The number of hydrogen-bond acceptors (Lipinski definition) is 5. The molecule has 0 radical (unpaired) electrons. The minimum Gasteiger partial charge on any atom is -0.379 e. The first-order valence-corrected chi connectivity index (χ1v) is 13.1. The molecule has 2 aliphatic heterocycles. The number of anilines is 1. The fourth-order valence-electron chi connectivity index (χ4n) is 5.45. The minimum absolute atomic E-state index is 0.165. The first-order valence-electron chi connectivity index (χ1n) is 13.1. The number of nitrogens with zero attached hydrogens (tertiary/aromatic N) is 3. The van der Waals surface area contributed by atoms with Crippen LogP contribution in [0.2, 0.25) is 0 Å². The van der Waals surface area contributed by atoms with E-state index >= 15 is 0 Å². The van der Waals surface area contributed by atoms with Gasteiger partial charge in [0.05, 0.1) is 18.8 Å². The highest BCUT2D eigenvalue weighted by molar-refractivity contribution is 5.76. The molecule has 2 saturated heterocycles. The first-order chi connectivity index (χ1) is 16.9. The zero-order valence-electron chi connectivity index (χ0n) is 20.6. The largest absolute Gasteiger partial charge is 0.416 e. The average molecular weight is 497 g/mol. The van der Waals surface area contributed by atoms with Crippen LogP contribution in [0.4, 0.5) is 18.9 Å². The third-order valence-corrected chi connectivity index (χ3v) is 7.74. The number of rotatable bonds is 8. The Morgan fingerprint density at radius 1 is 0.943 bits per heavy atom. The molecular weight excluding hydrogens is 457 g/mol. The van der Waals surface area contributed by atoms with Crippen LogP contribution in [-0.4, -0.2) is 87.3 Å². The molecule has 0 unspecified atom stereocenters. The molecule has 3 aliphatic rings. The molecule has 3 fully saturated rings. The summed E-state index contributed by atoms with van der Waals surface area (Å²) in [6.07, 6.45) is 1.82. The van der Waals surface area contributed by atoms with Crippen molar-refractivity contribution in [2.75, 3.05) is 70.5 Å². The quantitative estimate of drug-likeness (QED) is 0.596. The van der Waals surface area contributed by atoms with Gasteiger partial charge in [-0.15, -0.1) is 0 Å². The van der Waals surface area contributed by atoms with E-state index < -0.39 is 11.7 Å². The molecule has 9 heteroatoms. The molecule has 6 nitrogen and oxygen atoms in total. The zero-order chi connectivity index (χ0) is 24.7. The second kappa shape index (κ2) is 12.4. The lowest BCUT2D eigenvalue weighted by Gasteiger charge is -2.37. The summed E-state index contributed by atoms with van der Waals surface area (Å²) in [4.78, 5) is 19.1. The maximum atomic E-state index is 13.0. The summed E-state index contributed by atoms with van der Waals surface area (Å²) in [7, 11) is 0. The van der Waals surface area contributed by atoms with Crippen LogP contribution in [0.15, 0.2) is 24.3 Å². The Hall–Kier alpha value is -1.84. The van der Waals surface area contributed by atoms with E-state index in [1.54, 1.807) is 6.07 Å². The van der Waals surface area contributed by atoms with Crippen molar-refractivity contribution in [2.45, 2.75) is 50.7 Å². The molecule has 2 heterocycles. The standard InChI is InChI=1S/C26H39F3N4O2/c27-26(28,29)22-2-1-3-24(20-22)33-14-12-31(13-15-33)10-8-21-4-6-23(7-5-21)30-25(34)9-11-32-16-18-35-19-17-32/h1-3,20-21,23H,4-19H2,(H,30,34). The van der Waals surface area contributed by atoms with Crippen molar-refractivity contribution in [1.82, 2.24) is 15.1 Å².